The fourth-order valence-corrected chi connectivity index (χ4v) is 1.94. The summed E-state index contributed by atoms with van der Waals surface area (Å²) >= 11 is 0. The van der Waals surface area contributed by atoms with Crippen molar-refractivity contribution in [3.63, 3.8) is 0 Å². The van der Waals surface area contributed by atoms with Crippen molar-refractivity contribution in [3.05, 3.63) is 12.2 Å². The molecule has 1 aliphatic rings. The Morgan fingerprint density at radius 3 is 2.09 bits per heavy atom. The molecular weight excluding hydrogens is 290 g/mol. The minimum atomic E-state index is -0.960. The number of hydrogen-bond acceptors (Lipinski definition) is 5. The first-order valence-electron chi connectivity index (χ1n) is 7.05. The van der Waals surface area contributed by atoms with E-state index in [1.807, 2.05) is 0 Å². The van der Waals surface area contributed by atoms with Crippen LogP contribution in [0.1, 0.15) is 27.7 Å². The van der Waals surface area contributed by atoms with Crippen LogP contribution in [0.2, 0.25) is 0 Å². The summed E-state index contributed by atoms with van der Waals surface area (Å²) in [6.45, 7) is 6.79. The molecule has 0 radical (unpaired) electrons. The van der Waals surface area contributed by atoms with Gasteiger partial charge in [0.25, 0.3) is 11.8 Å². The van der Waals surface area contributed by atoms with E-state index in [0.29, 0.717) is 6.61 Å². The summed E-state index contributed by atoms with van der Waals surface area (Å²) in [6.07, 6.45) is 0.932. The van der Waals surface area contributed by atoms with Crippen LogP contribution in [0.3, 0.4) is 0 Å². The third kappa shape index (κ3) is 4.39. The fourth-order valence-electron chi connectivity index (χ4n) is 1.94. The van der Waals surface area contributed by atoms with Crippen molar-refractivity contribution < 1.29 is 23.9 Å². The zero-order valence-electron chi connectivity index (χ0n) is 13.1. The SMILES string of the molecule is CCOC(C)C(=O)NC(C)NC(=O)C(C)N1C(=O)C=CC1=O. The fraction of sp³-hybridized carbons (Fsp3) is 0.571. The molecule has 0 bridgehead atoms. The molecule has 22 heavy (non-hydrogen) atoms. The Morgan fingerprint density at radius 2 is 1.59 bits per heavy atom. The molecule has 0 aromatic rings. The Kier molecular flexibility index (Phi) is 6.24. The van der Waals surface area contributed by atoms with Crippen LogP contribution in [0.4, 0.5) is 0 Å². The summed E-state index contributed by atoms with van der Waals surface area (Å²) < 4.78 is 5.14. The van der Waals surface area contributed by atoms with Gasteiger partial charge in [-0.3, -0.25) is 24.1 Å². The zero-order valence-corrected chi connectivity index (χ0v) is 13.1. The molecule has 0 saturated heterocycles. The molecule has 1 rings (SSSR count). The molecule has 4 amide bonds. The first-order chi connectivity index (χ1) is 10.3. The Balaban J connectivity index is 2.52. The van der Waals surface area contributed by atoms with Gasteiger partial charge in [-0.2, -0.15) is 0 Å². The van der Waals surface area contributed by atoms with Crippen molar-refractivity contribution in [1.82, 2.24) is 15.5 Å². The monoisotopic (exact) mass is 311 g/mol. The average molecular weight is 311 g/mol. The number of rotatable bonds is 7. The minimum Gasteiger partial charge on any atom is -0.369 e. The predicted octanol–water partition coefficient (Wildman–Crippen LogP) is -0.697. The zero-order chi connectivity index (χ0) is 16.9. The van der Waals surface area contributed by atoms with Gasteiger partial charge >= 0.3 is 0 Å². The first-order valence-corrected chi connectivity index (χ1v) is 7.05. The molecule has 8 heteroatoms. The Hall–Kier alpha value is -2.22. The molecule has 0 fully saturated rings. The molecule has 122 valence electrons. The minimum absolute atomic E-state index is 0.364. The van der Waals surface area contributed by atoms with Crippen molar-refractivity contribution >= 4 is 23.6 Å². The van der Waals surface area contributed by atoms with Gasteiger partial charge in [-0.1, -0.05) is 0 Å². The molecule has 1 aliphatic heterocycles. The second-order valence-electron chi connectivity index (χ2n) is 4.89. The lowest BCUT2D eigenvalue weighted by Crippen LogP contribution is -2.54. The van der Waals surface area contributed by atoms with E-state index in [9.17, 15) is 19.2 Å². The van der Waals surface area contributed by atoms with Crippen molar-refractivity contribution in [2.45, 2.75) is 46.0 Å². The first kappa shape index (κ1) is 17.8. The van der Waals surface area contributed by atoms with Crippen molar-refractivity contribution in [2.24, 2.45) is 0 Å². The number of hydrogen-bond donors (Lipinski definition) is 2. The summed E-state index contributed by atoms with van der Waals surface area (Å²) in [5.41, 5.74) is 0. The van der Waals surface area contributed by atoms with Crippen LogP contribution in [0.15, 0.2) is 12.2 Å². The Morgan fingerprint density at radius 1 is 1.09 bits per heavy atom. The number of imide groups is 1. The summed E-state index contributed by atoms with van der Waals surface area (Å²) in [5.74, 6) is -1.97. The molecule has 1 heterocycles. The summed E-state index contributed by atoms with van der Waals surface area (Å²) in [7, 11) is 0. The molecular formula is C14H21N3O5. The quantitative estimate of drug-likeness (QED) is 0.478. The van der Waals surface area contributed by atoms with Crippen molar-refractivity contribution in [2.75, 3.05) is 6.61 Å². The normalized spacial score (nSPS) is 18.1. The van der Waals surface area contributed by atoms with E-state index in [-0.39, 0.29) is 5.91 Å². The smallest absolute Gasteiger partial charge is 0.254 e. The van der Waals surface area contributed by atoms with Gasteiger partial charge in [-0.25, -0.2) is 0 Å². The third-order valence-corrected chi connectivity index (χ3v) is 3.11. The van der Waals surface area contributed by atoms with Gasteiger partial charge in [0.15, 0.2) is 0 Å². The van der Waals surface area contributed by atoms with Gasteiger partial charge in [0, 0.05) is 18.8 Å². The van der Waals surface area contributed by atoms with Crippen LogP contribution in [0, 0.1) is 0 Å². The van der Waals surface area contributed by atoms with E-state index in [1.165, 1.54) is 6.92 Å². The Labute approximate surface area is 128 Å². The van der Waals surface area contributed by atoms with Crippen LogP contribution in [0.25, 0.3) is 0 Å². The summed E-state index contributed by atoms with van der Waals surface area (Å²) in [4.78, 5) is 47.6. The van der Waals surface area contributed by atoms with E-state index >= 15 is 0 Å². The van der Waals surface area contributed by atoms with Crippen LogP contribution in [0.5, 0.6) is 0 Å². The van der Waals surface area contributed by atoms with Gasteiger partial charge in [0.05, 0.1) is 6.17 Å². The standard InChI is InChI=1S/C14H21N3O5/c1-5-22-9(3)14(21)16-10(4)15-13(20)8(2)17-11(18)6-7-12(17)19/h6-10H,5H2,1-4H3,(H,15,20)(H,16,21). The summed E-state index contributed by atoms with van der Waals surface area (Å²) in [6, 6.07) is -0.960. The largest absolute Gasteiger partial charge is 0.369 e. The van der Waals surface area contributed by atoms with Crippen LogP contribution < -0.4 is 10.6 Å². The highest BCUT2D eigenvalue weighted by atomic mass is 16.5. The van der Waals surface area contributed by atoms with Gasteiger partial charge in [-0.05, 0) is 27.7 Å². The lowest BCUT2D eigenvalue weighted by Gasteiger charge is -2.24. The second-order valence-corrected chi connectivity index (χ2v) is 4.89. The van der Waals surface area contributed by atoms with Gasteiger partial charge in [0.2, 0.25) is 11.8 Å². The number of amides is 4. The topological polar surface area (TPSA) is 105 Å². The molecule has 2 N–H and O–H groups in total. The highest BCUT2D eigenvalue weighted by Crippen LogP contribution is 2.09. The number of carbonyl (C=O) groups is 4. The maximum Gasteiger partial charge on any atom is 0.254 e. The van der Waals surface area contributed by atoms with E-state index < -0.39 is 36.0 Å². The molecule has 0 aromatic carbocycles. The van der Waals surface area contributed by atoms with Crippen molar-refractivity contribution in [3.8, 4) is 0 Å². The van der Waals surface area contributed by atoms with Gasteiger partial charge < -0.3 is 15.4 Å². The van der Waals surface area contributed by atoms with E-state index in [2.05, 4.69) is 10.6 Å². The lowest BCUT2D eigenvalue weighted by molar-refractivity contribution is -0.145. The summed E-state index contributed by atoms with van der Waals surface area (Å²) in [5, 5.41) is 5.09. The maximum atomic E-state index is 12.0. The third-order valence-electron chi connectivity index (χ3n) is 3.11. The maximum absolute atomic E-state index is 12.0. The van der Waals surface area contributed by atoms with E-state index in [1.54, 1.807) is 20.8 Å². The molecule has 3 unspecified atom stereocenters. The molecule has 3 atom stereocenters. The van der Waals surface area contributed by atoms with E-state index in [4.69, 9.17) is 4.74 Å². The molecule has 0 aromatic heterocycles. The van der Waals surface area contributed by atoms with Crippen molar-refractivity contribution in [1.29, 1.82) is 0 Å². The highest BCUT2D eigenvalue weighted by molar-refractivity contribution is 6.15. The van der Waals surface area contributed by atoms with E-state index in [0.717, 1.165) is 17.1 Å². The number of nitrogens with zero attached hydrogens (tertiary/aromatic N) is 1. The number of ether oxygens (including phenoxy) is 1. The molecule has 0 aliphatic carbocycles. The Bertz CT molecular complexity index is 485. The second kappa shape index (κ2) is 7.69. The van der Waals surface area contributed by atoms with Gasteiger partial charge in [-0.15, -0.1) is 0 Å². The molecule has 0 spiro atoms. The lowest BCUT2D eigenvalue weighted by atomic mass is 10.2. The predicted molar refractivity (Wildman–Crippen MR) is 77.3 cm³/mol. The van der Waals surface area contributed by atoms with Crippen LogP contribution in [-0.2, 0) is 23.9 Å². The number of carbonyl (C=O) groups excluding carboxylic acids is 4. The highest BCUT2D eigenvalue weighted by Gasteiger charge is 2.33. The molecule has 0 saturated carbocycles. The molecule has 8 nitrogen and oxygen atoms in total. The van der Waals surface area contributed by atoms with Crippen LogP contribution >= 0.6 is 0 Å². The van der Waals surface area contributed by atoms with Crippen LogP contribution in [-0.4, -0.2) is 53.4 Å². The average Bonchev–Trinajstić information content (AvgIpc) is 2.77. The van der Waals surface area contributed by atoms with Gasteiger partial charge in [0.1, 0.15) is 12.1 Å². The number of nitrogens with one attached hydrogen (secondary N) is 2.